The predicted octanol–water partition coefficient (Wildman–Crippen LogP) is 2.27. The largest absolute Gasteiger partial charge is 0.377 e. The summed E-state index contributed by atoms with van der Waals surface area (Å²) in [6.45, 7) is 13.3. The molecular formula is C15H30N4O. The summed E-state index contributed by atoms with van der Waals surface area (Å²) < 4.78 is 7.77. The molecule has 0 amide bonds. The van der Waals surface area contributed by atoms with Crippen LogP contribution in [-0.4, -0.2) is 40.1 Å². The Morgan fingerprint density at radius 1 is 1.30 bits per heavy atom. The van der Waals surface area contributed by atoms with Crippen molar-refractivity contribution in [2.75, 3.05) is 13.2 Å². The van der Waals surface area contributed by atoms with E-state index >= 15 is 0 Å². The lowest BCUT2D eigenvalue weighted by atomic mass is 10.2. The van der Waals surface area contributed by atoms with Crippen LogP contribution >= 0.6 is 0 Å². The van der Waals surface area contributed by atoms with Crippen molar-refractivity contribution in [2.24, 2.45) is 5.92 Å². The van der Waals surface area contributed by atoms with Gasteiger partial charge < -0.3 is 10.1 Å². The highest BCUT2D eigenvalue weighted by molar-refractivity contribution is 4.90. The maximum atomic E-state index is 5.75. The molecule has 0 aliphatic rings. The normalized spacial score (nSPS) is 13.3. The van der Waals surface area contributed by atoms with Crippen LogP contribution in [0.3, 0.4) is 0 Å². The Balaban J connectivity index is 2.60. The first kappa shape index (κ1) is 17.1. The number of hydrogen-bond donors (Lipinski definition) is 1. The van der Waals surface area contributed by atoms with Gasteiger partial charge in [0, 0.05) is 19.0 Å². The molecule has 0 aliphatic carbocycles. The second kappa shape index (κ2) is 9.08. The Bertz CT molecular complexity index is 363. The number of ether oxygens (including phenoxy) is 1. The Morgan fingerprint density at radius 3 is 2.65 bits per heavy atom. The number of aromatic nitrogens is 3. The van der Waals surface area contributed by atoms with Gasteiger partial charge in [-0.25, -0.2) is 9.67 Å². The molecule has 1 heterocycles. The van der Waals surface area contributed by atoms with E-state index in [2.05, 4.69) is 50.0 Å². The molecular weight excluding hydrogens is 252 g/mol. The fourth-order valence-electron chi connectivity index (χ4n) is 2.01. The number of nitrogens with one attached hydrogen (secondary N) is 1. The van der Waals surface area contributed by atoms with Gasteiger partial charge in [0.1, 0.15) is 12.2 Å². The molecule has 0 saturated heterocycles. The summed E-state index contributed by atoms with van der Waals surface area (Å²) in [6, 6.07) is 0.299. The highest BCUT2D eigenvalue weighted by Gasteiger charge is 2.15. The zero-order valence-electron chi connectivity index (χ0n) is 13.6. The minimum absolute atomic E-state index is 0.259. The van der Waals surface area contributed by atoms with Gasteiger partial charge in [-0.1, -0.05) is 20.8 Å². The summed E-state index contributed by atoms with van der Waals surface area (Å²) in [5.41, 5.74) is 0. The van der Waals surface area contributed by atoms with Gasteiger partial charge in [0.15, 0.2) is 0 Å². The van der Waals surface area contributed by atoms with Crippen molar-refractivity contribution in [2.45, 2.75) is 66.2 Å². The van der Waals surface area contributed by atoms with E-state index < -0.39 is 0 Å². The molecule has 0 saturated carbocycles. The molecule has 5 nitrogen and oxygen atoms in total. The summed E-state index contributed by atoms with van der Waals surface area (Å²) in [7, 11) is 0. The first-order valence-electron chi connectivity index (χ1n) is 7.74. The average Bonchev–Trinajstić information content (AvgIpc) is 2.79. The van der Waals surface area contributed by atoms with Crippen LogP contribution in [0.15, 0.2) is 6.33 Å². The van der Waals surface area contributed by atoms with Crippen LogP contribution < -0.4 is 5.32 Å². The zero-order chi connectivity index (χ0) is 15.0. The van der Waals surface area contributed by atoms with E-state index in [9.17, 15) is 0 Å². The SMILES string of the molecule is CCCNC(COC(C)C)Cc1ncnn1CC(C)C. The van der Waals surface area contributed by atoms with Gasteiger partial charge in [-0.3, -0.25) is 0 Å². The Hall–Kier alpha value is -0.940. The van der Waals surface area contributed by atoms with E-state index in [-0.39, 0.29) is 6.10 Å². The van der Waals surface area contributed by atoms with Crippen molar-refractivity contribution in [3.8, 4) is 0 Å². The molecule has 1 rings (SSSR count). The van der Waals surface area contributed by atoms with E-state index in [0.29, 0.717) is 18.6 Å². The molecule has 20 heavy (non-hydrogen) atoms. The third-order valence-corrected chi connectivity index (χ3v) is 2.98. The molecule has 1 N–H and O–H groups in total. The van der Waals surface area contributed by atoms with Crippen molar-refractivity contribution in [3.63, 3.8) is 0 Å². The number of rotatable bonds is 10. The first-order chi connectivity index (χ1) is 9.52. The Morgan fingerprint density at radius 2 is 2.05 bits per heavy atom. The molecule has 0 spiro atoms. The molecule has 0 fully saturated rings. The van der Waals surface area contributed by atoms with Gasteiger partial charge in [-0.05, 0) is 32.7 Å². The Labute approximate surface area is 123 Å². The van der Waals surface area contributed by atoms with Crippen molar-refractivity contribution >= 4 is 0 Å². The summed E-state index contributed by atoms with van der Waals surface area (Å²) >= 11 is 0. The molecule has 1 atom stereocenters. The topological polar surface area (TPSA) is 52.0 Å². The van der Waals surface area contributed by atoms with E-state index in [1.165, 1.54) is 0 Å². The van der Waals surface area contributed by atoms with Crippen molar-refractivity contribution in [3.05, 3.63) is 12.2 Å². The van der Waals surface area contributed by atoms with Gasteiger partial charge in [0.05, 0.1) is 12.7 Å². The van der Waals surface area contributed by atoms with Crippen LogP contribution in [0.4, 0.5) is 0 Å². The lowest BCUT2D eigenvalue weighted by Gasteiger charge is -2.20. The monoisotopic (exact) mass is 282 g/mol. The van der Waals surface area contributed by atoms with Crippen LogP contribution in [0.1, 0.15) is 46.9 Å². The fraction of sp³-hybridized carbons (Fsp3) is 0.867. The molecule has 0 radical (unpaired) electrons. The molecule has 0 bridgehead atoms. The average molecular weight is 282 g/mol. The molecule has 0 aromatic carbocycles. The maximum Gasteiger partial charge on any atom is 0.138 e. The standard InChI is InChI=1S/C15H30N4O/c1-6-7-16-14(10-20-13(4)5)8-15-17-11-18-19(15)9-12(2)3/h11-14,16H,6-10H2,1-5H3. The molecule has 116 valence electrons. The third-order valence-electron chi connectivity index (χ3n) is 2.98. The van der Waals surface area contributed by atoms with Crippen molar-refractivity contribution in [1.29, 1.82) is 0 Å². The summed E-state index contributed by atoms with van der Waals surface area (Å²) in [4.78, 5) is 4.40. The van der Waals surface area contributed by atoms with Crippen LogP contribution in [-0.2, 0) is 17.7 Å². The molecule has 5 heteroatoms. The van der Waals surface area contributed by atoms with Crippen molar-refractivity contribution in [1.82, 2.24) is 20.1 Å². The van der Waals surface area contributed by atoms with Crippen LogP contribution in [0.5, 0.6) is 0 Å². The van der Waals surface area contributed by atoms with E-state index in [4.69, 9.17) is 4.74 Å². The summed E-state index contributed by atoms with van der Waals surface area (Å²) in [5, 5.41) is 7.86. The zero-order valence-corrected chi connectivity index (χ0v) is 13.6. The van der Waals surface area contributed by atoms with Gasteiger partial charge in [0.2, 0.25) is 0 Å². The van der Waals surface area contributed by atoms with E-state index in [1.54, 1.807) is 6.33 Å². The predicted molar refractivity (Wildman–Crippen MR) is 81.7 cm³/mol. The van der Waals surface area contributed by atoms with Gasteiger partial charge in [0.25, 0.3) is 0 Å². The second-order valence-corrected chi connectivity index (χ2v) is 5.99. The molecule has 0 aliphatic heterocycles. The third kappa shape index (κ3) is 6.48. The highest BCUT2D eigenvalue weighted by Crippen LogP contribution is 2.05. The second-order valence-electron chi connectivity index (χ2n) is 5.99. The minimum Gasteiger partial charge on any atom is -0.377 e. The Kier molecular flexibility index (Phi) is 7.77. The lowest BCUT2D eigenvalue weighted by molar-refractivity contribution is 0.0607. The lowest BCUT2D eigenvalue weighted by Crippen LogP contribution is -2.37. The van der Waals surface area contributed by atoms with E-state index in [0.717, 1.165) is 31.8 Å². The van der Waals surface area contributed by atoms with E-state index in [1.807, 2.05) is 4.68 Å². The van der Waals surface area contributed by atoms with Gasteiger partial charge >= 0.3 is 0 Å². The minimum atomic E-state index is 0.259. The van der Waals surface area contributed by atoms with Crippen LogP contribution in [0, 0.1) is 5.92 Å². The van der Waals surface area contributed by atoms with Crippen molar-refractivity contribution < 1.29 is 4.74 Å². The fourth-order valence-corrected chi connectivity index (χ4v) is 2.01. The van der Waals surface area contributed by atoms with Gasteiger partial charge in [-0.2, -0.15) is 5.10 Å². The quantitative estimate of drug-likeness (QED) is 0.715. The summed E-state index contributed by atoms with van der Waals surface area (Å²) in [6.07, 6.45) is 3.89. The first-order valence-corrected chi connectivity index (χ1v) is 7.74. The van der Waals surface area contributed by atoms with Crippen LogP contribution in [0.25, 0.3) is 0 Å². The summed E-state index contributed by atoms with van der Waals surface area (Å²) in [5.74, 6) is 1.61. The number of hydrogen-bond acceptors (Lipinski definition) is 4. The number of nitrogens with zero attached hydrogens (tertiary/aromatic N) is 3. The molecule has 1 aromatic heterocycles. The maximum absolute atomic E-state index is 5.75. The molecule has 1 unspecified atom stereocenters. The van der Waals surface area contributed by atoms with Gasteiger partial charge in [-0.15, -0.1) is 0 Å². The van der Waals surface area contributed by atoms with Crippen LogP contribution in [0.2, 0.25) is 0 Å². The smallest absolute Gasteiger partial charge is 0.138 e. The highest BCUT2D eigenvalue weighted by atomic mass is 16.5. The molecule has 1 aromatic rings.